The molecule has 0 radical (unpaired) electrons. The van der Waals surface area contributed by atoms with E-state index in [0.29, 0.717) is 5.92 Å². The predicted molar refractivity (Wildman–Crippen MR) is 33.0 cm³/mol. The van der Waals surface area contributed by atoms with E-state index in [1.54, 1.807) is 0 Å². The fourth-order valence-corrected chi connectivity index (χ4v) is 0.289. The molecule has 1 nitrogen and oxygen atoms in total. The summed E-state index contributed by atoms with van der Waals surface area (Å²) in [6.07, 6.45) is 4.06. The minimum absolute atomic E-state index is 0.660. The first-order valence-electron chi connectivity index (χ1n) is 2.61. The van der Waals surface area contributed by atoms with Crippen LogP contribution in [0.5, 0.6) is 0 Å². The van der Waals surface area contributed by atoms with Crippen molar-refractivity contribution in [1.82, 2.24) is 5.32 Å². The Labute approximate surface area is 45.4 Å². The van der Waals surface area contributed by atoms with Crippen LogP contribution < -0.4 is 5.32 Å². The van der Waals surface area contributed by atoms with E-state index < -0.39 is 0 Å². The third kappa shape index (κ3) is 5.54. The van der Waals surface area contributed by atoms with Crippen molar-refractivity contribution >= 4 is 0 Å². The molecule has 0 aromatic carbocycles. The molecule has 0 unspecified atom stereocenters. The van der Waals surface area contributed by atoms with Gasteiger partial charge >= 0.3 is 0 Å². The van der Waals surface area contributed by atoms with Gasteiger partial charge in [-0.1, -0.05) is 19.9 Å². The van der Waals surface area contributed by atoms with Crippen LogP contribution in [0, 0.1) is 5.92 Å². The van der Waals surface area contributed by atoms with Gasteiger partial charge in [-0.05, 0) is 12.1 Å². The number of rotatable bonds is 2. The van der Waals surface area contributed by atoms with E-state index in [4.69, 9.17) is 0 Å². The summed E-state index contributed by atoms with van der Waals surface area (Å²) in [5.74, 6) is 0.660. The van der Waals surface area contributed by atoms with Crippen LogP contribution in [-0.4, -0.2) is 7.05 Å². The summed E-state index contributed by atoms with van der Waals surface area (Å²) in [6.45, 7) is 4.29. The molecule has 0 heterocycles. The summed E-state index contributed by atoms with van der Waals surface area (Å²) in [5, 5.41) is 2.92. The first-order chi connectivity index (χ1) is 3.27. The molecule has 1 N–H and O–H groups in total. The average molecular weight is 99.2 g/mol. The smallest absolute Gasteiger partial charge is 0.00276 e. The van der Waals surface area contributed by atoms with Gasteiger partial charge in [0, 0.05) is 7.05 Å². The molecule has 0 aliphatic rings. The molecular formula is C6H13N. The minimum Gasteiger partial charge on any atom is -0.394 e. The van der Waals surface area contributed by atoms with Gasteiger partial charge in [0.2, 0.25) is 0 Å². The molecule has 0 aromatic heterocycles. The fourth-order valence-electron chi connectivity index (χ4n) is 0.289. The van der Waals surface area contributed by atoms with Gasteiger partial charge in [0.15, 0.2) is 0 Å². The zero-order valence-electron chi connectivity index (χ0n) is 5.23. The highest BCUT2D eigenvalue weighted by Gasteiger charge is 1.78. The normalized spacial score (nSPS) is 10.9. The van der Waals surface area contributed by atoms with Crippen molar-refractivity contribution in [2.45, 2.75) is 13.8 Å². The topological polar surface area (TPSA) is 12.0 Å². The standard InChI is InChI=1S/C6H13N/c1-6(2)4-5-7-3/h4-7H,1-3H3. The Kier molecular flexibility index (Phi) is 3.48. The Morgan fingerprint density at radius 3 is 2.14 bits per heavy atom. The maximum Gasteiger partial charge on any atom is 0.00276 e. The second-order valence-corrected chi connectivity index (χ2v) is 1.89. The number of nitrogens with one attached hydrogen (secondary N) is 1. The van der Waals surface area contributed by atoms with Gasteiger partial charge in [-0.3, -0.25) is 0 Å². The lowest BCUT2D eigenvalue weighted by atomic mass is 10.2. The molecule has 0 saturated carbocycles. The zero-order chi connectivity index (χ0) is 5.70. The zero-order valence-corrected chi connectivity index (χ0v) is 5.23. The largest absolute Gasteiger partial charge is 0.394 e. The van der Waals surface area contributed by atoms with E-state index in [1.165, 1.54) is 0 Å². The van der Waals surface area contributed by atoms with E-state index in [9.17, 15) is 0 Å². The Hall–Kier alpha value is -0.460. The lowest BCUT2D eigenvalue weighted by Gasteiger charge is -1.90. The van der Waals surface area contributed by atoms with E-state index >= 15 is 0 Å². The summed E-state index contributed by atoms with van der Waals surface area (Å²) in [6, 6.07) is 0. The van der Waals surface area contributed by atoms with Gasteiger partial charge in [0.05, 0.1) is 0 Å². The van der Waals surface area contributed by atoms with Crippen LogP contribution in [0.25, 0.3) is 0 Å². The number of hydrogen-bond acceptors (Lipinski definition) is 1. The van der Waals surface area contributed by atoms with E-state index in [2.05, 4.69) is 25.2 Å². The van der Waals surface area contributed by atoms with Gasteiger partial charge in [-0.15, -0.1) is 0 Å². The molecule has 0 rings (SSSR count). The molecule has 0 saturated heterocycles. The van der Waals surface area contributed by atoms with Gasteiger partial charge in [-0.2, -0.15) is 0 Å². The molecular weight excluding hydrogens is 86.1 g/mol. The molecule has 0 aliphatic heterocycles. The molecule has 0 aromatic rings. The average Bonchev–Trinajstić information content (AvgIpc) is 1.61. The van der Waals surface area contributed by atoms with E-state index in [0.717, 1.165) is 0 Å². The molecule has 0 spiro atoms. The molecule has 0 atom stereocenters. The summed E-state index contributed by atoms with van der Waals surface area (Å²) in [5.41, 5.74) is 0. The van der Waals surface area contributed by atoms with E-state index in [1.807, 2.05) is 13.2 Å². The molecule has 0 aliphatic carbocycles. The summed E-state index contributed by atoms with van der Waals surface area (Å²) >= 11 is 0. The van der Waals surface area contributed by atoms with Crippen molar-refractivity contribution in [3.63, 3.8) is 0 Å². The monoisotopic (exact) mass is 99.1 g/mol. The first kappa shape index (κ1) is 6.54. The van der Waals surface area contributed by atoms with Gasteiger partial charge < -0.3 is 5.32 Å². The van der Waals surface area contributed by atoms with Crippen molar-refractivity contribution in [1.29, 1.82) is 0 Å². The summed E-state index contributed by atoms with van der Waals surface area (Å²) in [4.78, 5) is 0. The van der Waals surface area contributed by atoms with Crippen molar-refractivity contribution in [2.24, 2.45) is 5.92 Å². The predicted octanol–water partition coefficient (Wildman–Crippen LogP) is 1.38. The third-order valence-electron chi connectivity index (χ3n) is 0.648. The van der Waals surface area contributed by atoms with Crippen molar-refractivity contribution in [2.75, 3.05) is 7.05 Å². The number of allylic oxidation sites excluding steroid dienone is 1. The molecule has 42 valence electrons. The van der Waals surface area contributed by atoms with Gasteiger partial charge in [0.1, 0.15) is 0 Å². The van der Waals surface area contributed by atoms with Crippen LogP contribution in [-0.2, 0) is 0 Å². The highest BCUT2D eigenvalue weighted by atomic mass is 14.8. The van der Waals surface area contributed by atoms with Crippen LogP contribution in [0.3, 0.4) is 0 Å². The fraction of sp³-hybridized carbons (Fsp3) is 0.667. The molecule has 0 amide bonds. The number of hydrogen-bond donors (Lipinski definition) is 1. The molecule has 1 heteroatoms. The van der Waals surface area contributed by atoms with E-state index in [-0.39, 0.29) is 0 Å². The Bertz CT molecular complexity index is 55.2. The van der Waals surface area contributed by atoms with Crippen LogP contribution in [0.2, 0.25) is 0 Å². The molecule has 0 bridgehead atoms. The van der Waals surface area contributed by atoms with Gasteiger partial charge in [0.25, 0.3) is 0 Å². The maximum atomic E-state index is 2.92. The van der Waals surface area contributed by atoms with Crippen LogP contribution in [0.4, 0.5) is 0 Å². The summed E-state index contributed by atoms with van der Waals surface area (Å²) in [7, 11) is 1.90. The van der Waals surface area contributed by atoms with Crippen molar-refractivity contribution in [3.05, 3.63) is 12.3 Å². The molecule has 0 fully saturated rings. The second kappa shape index (κ2) is 3.72. The van der Waals surface area contributed by atoms with Crippen LogP contribution >= 0.6 is 0 Å². The Balaban J connectivity index is 3.08. The lowest BCUT2D eigenvalue weighted by molar-refractivity contribution is 0.821. The Morgan fingerprint density at radius 1 is 1.43 bits per heavy atom. The molecule has 7 heavy (non-hydrogen) atoms. The second-order valence-electron chi connectivity index (χ2n) is 1.89. The summed E-state index contributed by atoms with van der Waals surface area (Å²) < 4.78 is 0. The highest BCUT2D eigenvalue weighted by molar-refractivity contribution is 4.80. The van der Waals surface area contributed by atoms with Crippen molar-refractivity contribution < 1.29 is 0 Å². The van der Waals surface area contributed by atoms with Gasteiger partial charge in [-0.25, -0.2) is 0 Å². The quantitative estimate of drug-likeness (QED) is 0.551. The third-order valence-corrected chi connectivity index (χ3v) is 0.648. The van der Waals surface area contributed by atoms with Crippen LogP contribution in [0.15, 0.2) is 12.3 Å². The maximum absolute atomic E-state index is 2.92. The highest BCUT2D eigenvalue weighted by Crippen LogP contribution is 1.89. The first-order valence-corrected chi connectivity index (χ1v) is 2.61. The Morgan fingerprint density at radius 2 is 2.00 bits per heavy atom. The minimum atomic E-state index is 0.660. The SMILES string of the molecule is CNC=CC(C)C. The lowest BCUT2D eigenvalue weighted by Crippen LogP contribution is -1.92. The van der Waals surface area contributed by atoms with Crippen LogP contribution in [0.1, 0.15) is 13.8 Å². The van der Waals surface area contributed by atoms with Crippen molar-refractivity contribution in [3.8, 4) is 0 Å².